The fraction of sp³-hybridized carbons (Fsp3) is 0.250. The zero-order chi connectivity index (χ0) is 12.3. The predicted octanol–water partition coefficient (Wildman–Crippen LogP) is 2.37. The molecule has 16 heavy (non-hydrogen) atoms. The Morgan fingerprint density at radius 2 is 2.31 bits per heavy atom. The summed E-state index contributed by atoms with van der Waals surface area (Å²) in [5, 5.41) is 18.2. The van der Waals surface area contributed by atoms with Gasteiger partial charge in [0.15, 0.2) is 11.6 Å². The molecule has 0 heterocycles. The van der Waals surface area contributed by atoms with Crippen molar-refractivity contribution in [1.29, 1.82) is 5.26 Å². The average molecular weight is 220 g/mol. The summed E-state index contributed by atoms with van der Waals surface area (Å²) in [4.78, 5) is 0. The van der Waals surface area contributed by atoms with E-state index in [2.05, 4.69) is 6.58 Å². The number of benzene rings is 1. The van der Waals surface area contributed by atoms with Crippen LogP contribution >= 0.6 is 0 Å². The molecule has 0 amide bonds. The first kappa shape index (κ1) is 12.2. The second kappa shape index (κ2) is 4.77. The second-order valence-electron chi connectivity index (χ2n) is 3.78. The first-order valence-corrected chi connectivity index (χ1v) is 4.78. The van der Waals surface area contributed by atoms with Crippen LogP contribution in [0.1, 0.15) is 30.5 Å². The predicted molar refractivity (Wildman–Crippen MR) is 59.1 cm³/mol. The summed E-state index contributed by atoms with van der Waals surface area (Å²) in [5.74, 6) is -1.32. The number of aromatic hydroxyl groups is 1. The van der Waals surface area contributed by atoms with Gasteiger partial charge in [0.05, 0.1) is 11.6 Å². The summed E-state index contributed by atoms with van der Waals surface area (Å²) in [6, 6.07) is 3.63. The zero-order valence-electron chi connectivity index (χ0n) is 9.00. The van der Waals surface area contributed by atoms with Gasteiger partial charge in [-0.05, 0) is 25.5 Å². The standard InChI is InChI=1S/C12H13FN2O/c1-7(2)3-11(15)9-4-8(6-14)5-10(13)12(9)16/h4-5,11,16H,1,3,15H2,2H3/t11-/m0/s1. The maximum atomic E-state index is 13.2. The number of nitriles is 1. The molecule has 0 aliphatic rings. The minimum Gasteiger partial charge on any atom is -0.505 e. The average Bonchev–Trinajstić information content (AvgIpc) is 2.20. The highest BCUT2D eigenvalue weighted by Crippen LogP contribution is 2.30. The van der Waals surface area contributed by atoms with Gasteiger partial charge in [0.25, 0.3) is 0 Å². The van der Waals surface area contributed by atoms with E-state index in [-0.39, 0.29) is 11.1 Å². The minimum atomic E-state index is -0.828. The fourth-order valence-electron chi connectivity index (χ4n) is 1.45. The molecule has 3 N–H and O–H groups in total. The van der Waals surface area contributed by atoms with Gasteiger partial charge in [0, 0.05) is 11.6 Å². The summed E-state index contributed by atoms with van der Waals surface area (Å²) in [6.45, 7) is 5.49. The third kappa shape index (κ3) is 2.59. The summed E-state index contributed by atoms with van der Waals surface area (Å²) in [7, 11) is 0. The molecule has 4 heteroatoms. The summed E-state index contributed by atoms with van der Waals surface area (Å²) in [6.07, 6.45) is 0.432. The van der Waals surface area contributed by atoms with Crippen molar-refractivity contribution in [2.45, 2.75) is 19.4 Å². The first-order valence-electron chi connectivity index (χ1n) is 4.78. The van der Waals surface area contributed by atoms with Crippen molar-refractivity contribution < 1.29 is 9.50 Å². The van der Waals surface area contributed by atoms with Crippen molar-refractivity contribution in [1.82, 2.24) is 0 Å². The Bertz CT molecular complexity index is 463. The molecule has 84 valence electrons. The molecule has 1 atom stereocenters. The first-order chi connectivity index (χ1) is 7.45. The fourth-order valence-corrected chi connectivity index (χ4v) is 1.45. The molecule has 1 rings (SSSR count). The van der Waals surface area contributed by atoms with Crippen molar-refractivity contribution in [3.05, 3.63) is 41.2 Å². The highest BCUT2D eigenvalue weighted by atomic mass is 19.1. The van der Waals surface area contributed by atoms with E-state index in [1.807, 2.05) is 6.07 Å². The lowest BCUT2D eigenvalue weighted by Gasteiger charge is -2.14. The van der Waals surface area contributed by atoms with Crippen LogP contribution in [0.15, 0.2) is 24.3 Å². The van der Waals surface area contributed by atoms with E-state index in [0.29, 0.717) is 6.42 Å². The quantitative estimate of drug-likeness (QED) is 0.768. The summed E-state index contributed by atoms with van der Waals surface area (Å²) < 4.78 is 13.2. The van der Waals surface area contributed by atoms with Crippen molar-refractivity contribution in [2.75, 3.05) is 0 Å². The topological polar surface area (TPSA) is 70.0 Å². The molecule has 1 aromatic carbocycles. The molecule has 0 aliphatic carbocycles. The van der Waals surface area contributed by atoms with Gasteiger partial charge < -0.3 is 10.8 Å². The van der Waals surface area contributed by atoms with E-state index in [0.717, 1.165) is 11.6 Å². The normalized spacial score (nSPS) is 11.9. The lowest BCUT2D eigenvalue weighted by molar-refractivity contribution is 0.420. The van der Waals surface area contributed by atoms with E-state index in [1.165, 1.54) is 6.07 Å². The Labute approximate surface area is 93.6 Å². The van der Waals surface area contributed by atoms with Crippen LogP contribution in [0.4, 0.5) is 4.39 Å². The van der Waals surface area contributed by atoms with Gasteiger partial charge in [-0.1, -0.05) is 5.57 Å². The number of rotatable bonds is 3. The van der Waals surface area contributed by atoms with Gasteiger partial charge >= 0.3 is 0 Å². The van der Waals surface area contributed by atoms with Gasteiger partial charge in [0.1, 0.15) is 0 Å². The molecule has 0 saturated heterocycles. The highest BCUT2D eigenvalue weighted by molar-refractivity contribution is 5.44. The van der Waals surface area contributed by atoms with Crippen molar-refractivity contribution in [3.8, 4) is 11.8 Å². The van der Waals surface area contributed by atoms with Crippen molar-refractivity contribution >= 4 is 0 Å². The zero-order valence-corrected chi connectivity index (χ0v) is 9.00. The monoisotopic (exact) mass is 220 g/mol. The maximum Gasteiger partial charge on any atom is 0.166 e. The van der Waals surface area contributed by atoms with Crippen LogP contribution in [-0.2, 0) is 0 Å². The van der Waals surface area contributed by atoms with E-state index >= 15 is 0 Å². The second-order valence-corrected chi connectivity index (χ2v) is 3.78. The lowest BCUT2D eigenvalue weighted by atomic mass is 9.98. The lowest BCUT2D eigenvalue weighted by Crippen LogP contribution is -2.11. The summed E-state index contributed by atoms with van der Waals surface area (Å²) in [5.41, 5.74) is 7.00. The van der Waals surface area contributed by atoms with E-state index in [9.17, 15) is 9.50 Å². The van der Waals surface area contributed by atoms with Gasteiger partial charge in [-0.2, -0.15) is 5.26 Å². The van der Waals surface area contributed by atoms with E-state index in [4.69, 9.17) is 11.0 Å². The molecular weight excluding hydrogens is 207 g/mol. The number of hydrogen-bond acceptors (Lipinski definition) is 3. The van der Waals surface area contributed by atoms with E-state index in [1.54, 1.807) is 6.92 Å². The molecule has 0 bridgehead atoms. The highest BCUT2D eigenvalue weighted by Gasteiger charge is 2.16. The van der Waals surface area contributed by atoms with Crippen LogP contribution in [0, 0.1) is 17.1 Å². The molecule has 0 spiro atoms. The smallest absolute Gasteiger partial charge is 0.166 e. The van der Waals surface area contributed by atoms with Crippen LogP contribution in [0.2, 0.25) is 0 Å². The molecule has 0 fully saturated rings. The molecule has 3 nitrogen and oxygen atoms in total. The molecular formula is C12H13FN2O. The van der Waals surface area contributed by atoms with Gasteiger partial charge in [-0.25, -0.2) is 4.39 Å². The van der Waals surface area contributed by atoms with Crippen LogP contribution in [0.5, 0.6) is 5.75 Å². The molecule has 0 aromatic heterocycles. The van der Waals surface area contributed by atoms with Crippen molar-refractivity contribution in [2.24, 2.45) is 5.73 Å². The van der Waals surface area contributed by atoms with E-state index < -0.39 is 17.6 Å². The Balaban J connectivity index is 3.17. The van der Waals surface area contributed by atoms with Crippen LogP contribution in [0.3, 0.4) is 0 Å². The SMILES string of the molecule is C=C(C)C[C@H](N)c1cc(C#N)cc(F)c1O. The van der Waals surface area contributed by atoms with Crippen molar-refractivity contribution in [3.63, 3.8) is 0 Å². The Hall–Kier alpha value is -1.86. The van der Waals surface area contributed by atoms with Gasteiger partial charge in [-0.15, -0.1) is 6.58 Å². The Morgan fingerprint density at radius 1 is 1.69 bits per heavy atom. The number of nitrogens with two attached hydrogens (primary N) is 1. The number of hydrogen-bond donors (Lipinski definition) is 2. The number of halogens is 1. The Kier molecular flexibility index (Phi) is 3.64. The van der Waals surface area contributed by atoms with Crippen LogP contribution in [0.25, 0.3) is 0 Å². The largest absolute Gasteiger partial charge is 0.505 e. The molecule has 0 aliphatic heterocycles. The number of phenols is 1. The van der Waals surface area contributed by atoms with Crippen LogP contribution in [-0.4, -0.2) is 5.11 Å². The number of phenolic OH excluding ortho intramolecular Hbond substituents is 1. The Morgan fingerprint density at radius 3 is 2.81 bits per heavy atom. The molecule has 1 aromatic rings. The number of nitrogens with zero attached hydrogens (tertiary/aromatic N) is 1. The minimum absolute atomic E-state index is 0.141. The third-order valence-electron chi connectivity index (χ3n) is 2.19. The van der Waals surface area contributed by atoms with Gasteiger partial charge in [-0.3, -0.25) is 0 Å². The van der Waals surface area contributed by atoms with Gasteiger partial charge in [0.2, 0.25) is 0 Å². The molecule has 0 radical (unpaired) electrons. The maximum absolute atomic E-state index is 13.2. The third-order valence-corrected chi connectivity index (χ3v) is 2.19. The van der Waals surface area contributed by atoms with Crippen LogP contribution < -0.4 is 5.73 Å². The molecule has 0 saturated carbocycles. The summed E-state index contributed by atoms with van der Waals surface area (Å²) >= 11 is 0. The molecule has 0 unspecified atom stereocenters.